The van der Waals surface area contributed by atoms with Crippen molar-refractivity contribution in [2.45, 2.75) is 31.7 Å². The third-order valence-corrected chi connectivity index (χ3v) is 3.56. The van der Waals surface area contributed by atoms with Gasteiger partial charge in [0.2, 0.25) is 0 Å². The number of ether oxygens (including phenoxy) is 1. The van der Waals surface area contributed by atoms with Crippen LogP contribution in [0.3, 0.4) is 0 Å². The smallest absolute Gasteiger partial charge is 0.335 e. The Morgan fingerprint density at radius 3 is 2.50 bits per heavy atom. The zero-order valence-corrected chi connectivity index (χ0v) is 11.3. The highest BCUT2D eigenvalue weighted by molar-refractivity contribution is 5.93. The minimum Gasteiger partial charge on any atom is -0.469 e. The minimum absolute atomic E-state index is 0.0373. The molecule has 1 aromatic rings. The van der Waals surface area contributed by atoms with E-state index in [9.17, 15) is 14.4 Å². The normalized spacial score (nSPS) is 22.1. The first-order valence-corrected chi connectivity index (χ1v) is 6.57. The molecule has 0 spiro atoms. The summed E-state index contributed by atoms with van der Waals surface area (Å²) in [7, 11) is 1.39. The molecule has 1 saturated carbocycles. The molecule has 1 heterocycles. The maximum Gasteiger partial charge on any atom is 0.335 e. The highest BCUT2D eigenvalue weighted by atomic mass is 16.5. The zero-order chi connectivity index (χ0) is 14.5. The van der Waals surface area contributed by atoms with Crippen LogP contribution in [0.15, 0.2) is 27.6 Å². The number of esters is 1. The topological polar surface area (TPSA) is 85.6 Å². The molecule has 6 heteroatoms. The first-order valence-electron chi connectivity index (χ1n) is 6.57. The van der Waals surface area contributed by atoms with E-state index in [1.165, 1.54) is 19.2 Å². The van der Waals surface area contributed by atoms with Crippen molar-refractivity contribution in [2.24, 2.45) is 5.92 Å². The number of carbonyl (C=O) groups excluding carboxylic acids is 2. The molecule has 0 aliphatic heterocycles. The number of amides is 1. The summed E-state index contributed by atoms with van der Waals surface area (Å²) in [4.78, 5) is 34.1. The summed E-state index contributed by atoms with van der Waals surface area (Å²) in [5, 5.41) is 2.88. The Morgan fingerprint density at radius 1 is 1.25 bits per heavy atom. The average molecular weight is 279 g/mol. The van der Waals surface area contributed by atoms with Gasteiger partial charge in [0.05, 0.1) is 18.6 Å². The Kier molecular flexibility index (Phi) is 4.55. The maximum atomic E-state index is 11.9. The van der Waals surface area contributed by atoms with E-state index < -0.39 is 5.63 Å². The summed E-state index contributed by atoms with van der Waals surface area (Å²) >= 11 is 0. The SMILES string of the molecule is COC(=O)C1CCC(NC(=O)c2ccc(=O)oc2)CC1. The Morgan fingerprint density at radius 2 is 1.95 bits per heavy atom. The highest BCUT2D eigenvalue weighted by Gasteiger charge is 2.27. The van der Waals surface area contributed by atoms with E-state index in [1.54, 1.807) is 0 Å². The lowest BCUT2D eigenvalue weighted by Gasteiger charge is -2.27. The van der Waals surface area contributed by atoms with Gasteiger partial charge in [-0.15, -0.1) is 0 Å². The quantitative estimate of drug-likeness (QED) is 0.837. The van der Waals surface area contributed by atoms with Crippen LogP contribution < -0.4 is 10.9 Å². The van der Waals surface area contributed by atoms with E-state index in [0.717, 1.165) is 19.1 Å². The average Bonchev–Trinajstić information content (AvgIpc) is 2.48. The summed E-state index contributed by atoms with van der Waals surface area (Å²) in [5.74, 6) is -0.516. The number of hydrogen-bond acceptors (Lipinski definition) is 5. The minimum atomic E-state index is -0.486. The van der Waals surface area contributed by atoms with Crippen molar-refractivity contribution in [1.29, 1.82) is 0 Å². The number of rotatable bonds is 3. The summed E-state index contributed by atoms with van der Waals surface area (Å²) in [6.07, 6.45) is 4.05. The molecule has 0 saturated heterocycles. The van der Waals surface area contributed by atoms with Crippen molar-refractivity contribution in [3.8, 4) is 0 Å². The second-order valence-corrected chi connectivity index (χ2v) is 4.89. The molecule has 0 unspecified atom stereocenters. The number of methoxy groups -OCH3 is 1. The van der Waals surface area contributed by atoms with Crippen LogP contribution in [-0.4, -0.2) is 25.0 Å². The molecule has 0 aromatic carbocycles. The van der Waals surface area contributed by atoms with Crippen molar-refractivity contribution in [1.82, 2.24) is 5.32 Å². The van der Waals surface area contributed by atoms with Crippen LogP contribution in [0.5, 0.6) is 0 Å². The Balaban J connectivity index is 1.86. The van der Waals surface area contributed by atoms with Crippen molar-refractivity contribution in [3.05, 3.63) is 34.4 Å². The van der Waals surface area contributed by atoms with Gasteiger partial charge in [0, 0.05) is 12.1 Å². The molecule has 1 amide bonds. The second-order valence-electron chi connectivity index (χ2n) is 4.89. The predicted molar refractivity (Wildman–Crippen MR) is 70.2 cm³/mol. The number of hydrogen-bond donors (Lipinski definition) is 1. The lowest BCUT2D eigenvalue weighted by molar-refractivity contribution is -0.146. The Labute approximate surface area is 116 Å². The third-order valence-electron chi connectivity index (χ3n) is 3.56. The highest BCUT2D eigenvalue weighted by Crippen LogP contribution is 2.25. The van der Waals surface area contributed by atoms with E-state index in [2.05, 4.69) is 9.73 Å². The Hall–Kier alpha value is -2.11. The van der Waals surface area contributed by atoms with Gasteiger partial charge in [-0.2, -0.15) is 0 Å². The van der Waals surface area contributed by atoms with E-state index in [1.807, 2.05) is 0 Å². The molecule has 0 atom stereocenters. The monoisotopic (exact) mass is 279 g/mol. The molecular formula is C14H17NO5. The predicted octanol–water partition coefficient (Wildman–Crippen LogP) is 1.10. The van der Waals surface area contributed by atoms with Crippen molar-refractivity contribution in [3.63, 3.8) is 0 Å². The second kappa shape index (κ2) is 6.36. The van der Waals surface area contributed by atoms with Crippen molar-refractivity contribution < 1.29 is 18.7 Å². The summed E-state index contributed by atoms with van der Waals surface area (Å²) < 4.78 is 9.37. The standard InChI is InChI=1S/C14H17NO5/c1-19-14(18)9-2-5-11(6-3-9)15-13(17)10-4-7-12(16)20-8-10/h4,7-9,11H,2-3,5-6H2,1H3,(H,15,17). The Bertz CT molecular complexity index is 522. The van der Waals surface area contributed by atoms with Crippen LogP contribution >= 0.6 is 0 Å². The van der Waals surface area contributed by atoms with Gasteiger partial charge in [0.25, 0.3) is 5.91 Å². The molecule has 1 fully saturated rings. The van der Waals surface area contributed by atoms with Gasteiger partial charge in [-0.25, -0.2) is 4.79 Å². The fraction of sp³-hybridized carbons (Fsp3) is 0.500. The van der Waals surface area contributed by atoms with E-state index >= 15 is 0 Å². The van der Waals surface area contributed by atoms with Crippen LogP contribution in [0.4, 0.5) is 0 Å². The lowest BCUT2D eigenvalue weighted by Crippen LogP contribution is -2.39. The molecule has 108 valence electrons. The summed E-state index contributed by atoms with van der Waals surface area (Å²) in [6.45, 7) is 0. The van der Waals surface area contributed by atoms with E-state index in [4.69, 9.17) is 4.74 Å². The first-order chi connectivity index (χ1) is 9.60. The fourth-order valence-electron chi connectivity index (χ4n) is 2.40. The molecule has 0 bridgehead atoms. The van der Waals surface area contributed by atoms with Crippen molar-refractivity contribution in [2.75, 3.05) is 7.11 Å². The number of nitrogens with one attached hydrogen (secondary N) is 1. The molecule has 1 N–H and O–H groups in total. The summed E-state index contributed by atoms with van der Waals surface area (Å²) in [5.41, 5.74) is -0.167. The van der Waals surface area contributed by atoms with Gasteiger partial charge in [0.1, 0.15) is 6.26 Å². The largest absolute Gasteiger partial charge is 0.469 e. The van der Waals surface area contributed by atoms with Gasteiger partial charge < -0.3 is 14.5 Å². The zero-order valence-electron chi connectivity index (χ0n) is 11.3. The van der Waals surface area contributed by atoms with Crippen LogP contribution in [0.25, 0.3) is 0 Å². The summed E-state index contributed by atoms with van der Waals surface area (Å²) in [6, 6.07) is 2.68. The van der Waals surface area contributed by atoms with Crippen LogP contribution in [0.1, 0.15) is 36.0 Å². The first kappa shape index (κ1) is 14.3. The van der Waals surface area contributed by atoms with Gasteiger partial charge >= 0.3 is 11.6 Å². The molecule has 1 aromatic heterocycles. The molecule has 1 aliphatic rings. The van der Waals surface area contributed by atoms with Gasteiger partial charge in [-0.05, 0) is 31.7 Å². The van der Waals surface area contributed by atoms with Gasteiger partial charge in [-0.3, -0.25) is 9.59 Å². The molecule has 2 rings (SSSR count). The van der Waals surface area contributed by atoms with Crippen LogP contribution in [0, 0.1) is 5.92 Å². The molecule has 0 radical (unpaired) electrons. The van der Waals surface area contributed by atoms with Gasteiger partial charge in [0.15, 0.2) is 0 Å². The van der Waals surface area contributed by atoms with E-state index in [-0.39, 0.29) is 23.8 Å². The van der Waals surface area contributed by atoms with Crippen molar-refractivity contribution >= 4 is 11.9 Å². The molecule has 6 nitrogen and oxygen atoms in total. The number of carbonyl (C=O) groups is 2. The maximum absolute atomic E-state index is 11.9. The third kappa shape index (κ3) is 3.46. The van der Waals surface area contributed by atoms with E-state index in [0.29, 0.717) is 18.4 Å². The van der Waals surface area contributed by atoms with Gasteiger partial charge in [-0.1, -0.05) is 0 Å². The fourth-order valence-corrected chi connectivity index (χ4v) is 2.40. The molecule has 1 aliphatic carbocycles. The lowest BCUT2D eigenvalue weighted by atomic mass is 9.86. The van der Waals surface area contributed by atoms with Crippen LogP contribution in [0.2, 0.25) is 0 Å². The van der Waals surface area contributed by atoms with Crippen LogP contribution in [-0.2, 0) is 9.53 Å². The molecular weight excluding hydrogens is 262 g/mol. The molecule has 20 heavy (non-hydrogen) atoms.